The van der Waals surface area contributed by atoms with Gasteiger partial charge in [-0.1, -0.05) is 6.07 Å². The first kappa shape index (κ1) is 12.6. The van der Waals surface area contributed by atoms with Crippen molar-refractivity contribution in [2.75, 3.05) is 7.11 Å². The summed E-state index contributed by atoms with van der Waals surface area (Å²) in [7, 11) is 3.60. The lowest BCUT2D eigenvalue weighted by molar-refractivity contribution is 0.411. The normalized spacial score (nSPS) is 10.7. The number of hydrogen-bond donors (Lipinski definition) is 1. The molecule has 0 saturated carbocycles. The summed E-state index contributed by atoms with van der Waals surface area (Å²) >= 11 is 0. The van der Waals surface area contributed by atoms with Crippen LogP contribution < -0.4 is 10.5 Å². The van der Waals surface area contributed by atoms with E-state index in [4.69, 9.17) is 10.5 Å². The third kappa shape index (κ3) is 1.99. The molecule has 96 valence electrons. The van der Waals surface area contributed by atoms with Crippen molar-refractivity contribution in [3.05, 3.63) is 35.2 Å². The zero-order chi connectivity index (χ0) is 13.3. The first-order valence-electron chi connectivity index (χ1n) is 5.95. The van der Waals surface area contributed by atoms with Gasteiger partial charge in [-0.05, 0) is 36.6 Å². The number of ether oxygens (including phenoxy) is 1. The lowest BCUT2D eigenvalue weighted by Crippen LogP contribution is -2.00. The molecule has 4 heteroatoms. The van der Waals surface area contributed by atoms with E-state index in [0.29, 0.717) is 6.54 Å². The van der Waals surface area contributed by atoms with Crippen LogP contribution >= 0.6 is 0 Å². The zero-order valence-electron chi connectivity index (χ0n) is 11.3. The van der Waals surface area contributed by atoms with Gasteiger partial charge in [0.2, 0.25) is 0 Å². The highest BCUT2D eigenvalue weighted by Gasteiger charge is 2.13. The SMILES string of the molecule is COc1ccc(-c2cn(C)nc2CN)c(C)c1C. The van der Waals surface area contributed by atoms with Crippen LogP contribution in [0.25, 0.3) is 11.1 Å². The van der Waals surface area contributed by atoms with Crippen LogP contribution in [-0.4, -0.2) is 16.9 Å². The van der Waals surface area contributed by atoms with Gasteiger partial charge in [-0.2, -0.15) is 5.10 Å². The Bertz CT molecular complexity index is 573. The highest BCUT2D eigenvalue weighted by molar-refractivity contribution is 5.71. The molecule has 1 heterocycles. The number of rotatable bonds is 3. The highest BCUT2D eigenvalue weighted by atomic mass is 16.5. The topological polar surface area (TPSA) is 53.1 Å². The highest BCUT2D eigenvalue weighted by Crippen LogP contribution is 2.32. The fourth-order valence-corrected chi connectivity index (χ4v) is 2.22. The summed E-state index contributed by atoms with van der Waals surface area (Å²) in [4.78, 5) is 0. The van der Waals surface area contributed by atoms with E-state index in [1.807, 2.05) is 19.3 Å². The zero-order valence-corrected chi connectivity index (χ0v) is 11.3. The van der Waals surface area contributed by atoms with Crippen LogP contribution in [0, 0.1) is 13.8 Å². The molecule has 2 rings (SSSR count). The summed E-state index contributed by atoms with van der Waals surface area (Å²) < 4.78 is 7.14. The second-order valence-corrected chi connectivity index (χ2v) is 4.43. The lowest BCUT2D eigenvalue weighted by Gasteiger charge is -2.12. The second-order valence-electron chi connectivity index (χ2n) is 4.43. The molecule has 1 aromatic heterocycles. The fraction of sp³-hybridized carbons (Fsp3) is 0.357. The van der Waals surface area contributed by atoms with E-state index in [-0.39, 0.29) is 0 Å². The lowest BCUT2D eigenvalue weighted by atomic mass is 9.96. The molecule has 2 aromatic rings. The van der Waals surface area contributed by atoms with Crippen molar-refractivity contribution in [3.8, 4) is 16.9 Å². The Kier molecular flexibility index (Phi) is 3.39. The summed E-state index contributed by atoms with van der Waals surface area (Å²) in [5.41, 5.74) is 11.3. The summed E-state index contributed by atoms with van der Waals surface area (Å²) in [6.45, 7) is 4.61. The molecule has 1 aromatic carbocycles. The molecule has 0 spiro atoms. The van der Waals surface area contributed by atoms with Crippen molar-refractivity contribution in [1.82, 2.24) is 9.78 Å². The van der Waals surface area contributed by atoms with Gasteiger partial charge in [0.25, 0.3) is 0 Å². The number of hydrogen-bond acceptors (Lipinski definition) is 3. The number of benzene rings is 1. The standard InChI is InChI=1S/C14H19N3O/c1-9-10(2)14(18-4)6-5-11(9)12-8-17(3)16-13(12)7-15/h5-6,8H,7,15H2,1-4H3. The van der Waals surface area contributed by atoms with E-state index in [1.165, 1.54) is 11.1 Å². The molecule has 0 radical (unpaired) electrons. The first-order valence-corrected chi connectivity index (χ1v) is 5.95. The van der Waals surface area contributed by atoms with Gasteiger partial charge < -0.3 is 10.5 Å². The van der Waals surface area contributed by atoms with Crippen molar-refractivity contribution < 1.29 is 4.74 Å². The maximum atomic E-state index is 5.74. The molecule has 0 fully saturated rings. The maximum absolute atomic E-state index is 5.74. The minimum atomic E-state index is 0.445. The molecule has 18 heavy (non-hydrogen) atoms. The molecule has 2 N–H and O–H groups in total. The predicted octanol–water partition coefficient (Wildman–Crippen LogP) is 2.17. The minimum Gasteiger partial charge on any atom is -0.496 e. The van der Waals surface area contributed by atoms with Gasteiger partial charge in [0.1, 0.15) is 5.75 Å². The van der Waals surface area contributed by atoms with Crippen molar-refractivity contribution in [1.29, 1.82) is 0 Å². The van der Waals surface area contributed by atoms with Crippen LogP contribution in [0.5, 0.6) is 5.75 Å². The number of nitrogens with zero attached hydrogens (tertiary/aromatic N) is 2. The van der Waals surface area contributed by atoms with E-state index in [1.54, 1.807) is 11.8 Å². The van der Waals surface area contributed by atoms with Gasteiger partial charge in [-0.15, -0.1) is 0 Å². The molecule has 0 aliphatic carbocycles. The van der Waals surface area contributed by atoms with Gasteiger partial charge in [0, 0.05) is 25.4 Å². The average molecular weight is 245 g/mol. The molecular weight excluding hydrogens is 226 g/mol. The van der Waals surface area contributed by atoms with Crippen molar-refractivity contribution in [3.63, 3.8) is 0 Å². The first-order chi connectivity index (χ1) is 8.58. The van der Waals surface area contributed by atoms with Crippen molar-refractivity contribution in [2.24, 2.45) is 12.8 Å². The molecule has 0 saturated heterocycles. The Morgan fingerprint density at radius 1 is 1.22 bits per heavy atom. The smallest absolute Gasteiger partial charge is 0.122 e. The minimum absolute atomic E-state index is 0.445. The average Bonchev–Trinajstić information content (AvgIpc) is 2.73. The van der Waals surface area contributed by atoms with Crippen LogP contribution in [0.2, 0.25) is 0 Å². The summed E-state index contributed by atoms with van der Waals surface area (Å²) in [6, 6.07) is 4.06. The van der Waals surface area contributed by atoms with Gasteiger partial charge in [-0.3, -0.25) is 4.68 Å². The second kappa shape index (κ2) is 4.82. The van der Waals surface area contributed by atoms with Crippen LogP contribution in [0.1, 0.15) is 16.8 Å². The Labute approximate surface area is 107 Å². The van der Waals surface area contributed by atoms with Crippen LogP contribution in [-0.2, 0) is 13.6 Å². The molecule has 4 nitrogen and oxygen atoms in total. The number of aryl methyl sites for hydroxylation is 1. The van der Waals surface area contributed by atoms with Gasteiger partial charge in [0.05, 0.1) is 12.8 Å². The third-order valence-electron chi connectivity index (χ3n) is 3.35. The monoisotopic (exact) mass is 245 g/mol. The molecule has 0 bridgehead atoms. The summed E-state index contributed by atoms with van der Waals surface area (Å²) in [5, 5.41) is 4.38. The van der Waals surface area contributed by atoms with E-state index in [0.717, 1.165) is 22.6 Å². The van der Waals surface area contributed by atoms with E-state index < -0.39 is 0 Å². The van der Waals surface area contributed by atoms with Crippen molar-refractivity contribution in [2.45, 2.75) is 20.4 Å². The molecule has 0 amide bonds. The number of nitrogens with two attached hydrogens (primary N) is 1. The predicted molar refractivity (Wildman–Crippen MR) is 72.6 cm³/mol. The molecule has 0 aliphatic heterocycles. The van der Waals surface area contributed by atoms with E-state index in [9.17, 15) is 0 Å². The van der Waals surface area contributed by atoms with Crippen LogP contribution in [0.3, 0.4) is 0 Å². The fourth-order valence-electron chi connectivity index (χ4n) is 2.22. The Balaban J connectivity index is 2.61. The number of methoxy groups -OCH3 is 1. The van der Waals surface area contributed by atoms with E-state index in [2.05, 4.69) is 25.0 Å². The van der Waals surface area contributed by atoms with Gasteiger partial charge >= 0.3 is 0 Å². The third-order valence-corrected chi connectivity index (χ3v) is 3.35. The maximum Gasteiger partial charge on any atom is 0.122 e. The van der Waals surface area contributed by atoms with Crippen LogP contribution in [0.4, 0.5) is 0 Å². The van der Waals surface area contributed by atoms with Gasteiger partial charge in [-0.25, -0.2) is 0 Å². The van der Waals surface area contributed by atoms with Crippen molar-refractivity contribution >= 4 is 0 Å². The Morgan fingerprint density at radius 2 is 1.94 bits per heavy atom. The Morgan fingerprint density at radius 3 is 2.56 bits per heavy atom. The summed E-state index contributed by atoms with van der Waals surface area (Å²) in [5.74, 6) is 0.912. The quantitative estimate of drug-likeness (QED) is 0.901. The molecule has 0 unspecified atom stereocenters. The number of aromatic nitrogens is 2. The molecule has 0 aliphatic rings. The largest absolute Gasteiger partial charge is 0.496 e. The summed E-state index contributed by atoms with van der Waals surface area (Å²) in [6.07, 6.45) is 2.01. The van der Waals surface area contributed by atoms with Gasteiger partial charge in [0.15, 0.2) is 0 Å². The Hall–Kier alpha value is -1.81. The van der Waals surface area contributed by atoms with E-state index >= 15 is 0 Å². The van der Waals surface area contributed by atoms with Crippen LogP contribution in [0.15, 0.2) is 18.3 Å². The molecule has 0 atom stereocenters. The molecular formula is C14H19N3O.